The molecule has 0 aromatic heterocycles. The summed E-state index contributed by atoms with van der Waals surface area (Å²) in [5, 5.41) is 24.1. The standard InChI is InChI=1S/C38H44O7/c1-18(2)28-31(41)26(19(3)39)33(43)38(45)34(44)29-32(42)27-24(16-36(29,7)17-37(28,38)8)23(15-25(30(27)40)35(4,5)6)22-13-12-20-10-9-11-21(20)14-22/h12-15,18,26,28-29,40,45H,9-11,16-17H2,1-8H3/t26?,28?,29?,36-,37-,38+/m1/s1. The quantitative estimate of drug-likeness (QED) is 0.436. The fraction of sp³-hybridized carbons (Fsp3) is 0.553. The van der Waals surface area contributed by atoms with E-state index >= 15 is 0 Å². The molecule has 7 heteroatoms. The third-order valence-corrected chi connectivity index (χ3v) is 11.6. The molecule has 0 heterocycles. The summed E-state index contributed by atoms with van der Waals surface area (Å²) in [5.41, 5.74) is -0.260. The van der Waals surface area contributed by atoms with Gasteiger partial charge in [0.1, 0.15) is 17.5 Å². The summed E-state index contributed by atoms with van der Waals surface area (Å²) < 4.78 is 0. The molecule has 238 valence electrons. The molecular weight excluding hydrogens is 568 g/mol. The Labute approximate surface area is 264 Å². The second-order valence-corrected chi connectivity index (χ2v) is 16.1. The normalized spacial score (nSPS) is 32.7. The molecular formula is C38H44O7. The van der Waals surface area contributed by atoms with Crippen LogP contribution < -0.4 is 0 Å². The van der Waals surface area contributed by atoms with Crippen molar-refractivity contribution in [2.75, 3.05) is 0 Å². The third kappa shape index (κ3) is 4.08. The molecule has 2 aromatic carbocycles. The zero-order valence-electron chi connectivity index (χ0n) is 27.6. The number of fused-ring (bicyclic) bond motifs is 4. The van der Waals surface area contributed by atoms with Crippen molar-refractivity contribution in [3.63, 3.8) is 0 Å². The van der Waals surface area contributed by atoms with Crippen molar-refractivity contribution in [3.8, 4) is 16.9 Å². The minimum atomic E-state index is -2.70. The Morgan fingerprint density at radius 1 is 0.978 bits per heavy atom. The van der Waals surface area contributed by atoms with Crippen LogP contribution in [0.5, 0.6) is 5.75 Å². The van der Waals surface area contributed by atoms with Gasteiger partial charge in [0.25, 0.3) is 0 Å². The van der Waals surface area contributed by atoms with Gasteiger partial charge in [-0.3, -0.25) is 24.0 Å². The summed E-state index contributed by atoms with van der Waals surface area (Å²) in [7, 11) is 0. The molecule has 2 aromatic rings. The number of phenols is 1. The molecule has 0 amide bonds. The lowest BCUT2D eigenvalue weighted by Gasteiger charge is -2.62. The van der Waals surface area contributed by atoms with Crippen LogP contribution in [0.2, 0.25) is 0 Å². The van der Waals surface area contributed by atoms with Crippen molar-refractivity contribution in [1.82, 2.24) is 0 Å². The Balaban J connectivity index is 1.61. The van der Waals surface area contributed by atoms with Gasteiger partial charge in [-0.25, -0.2) is 0 Å². The number of hydrogen-bond acceptors (Lipinski definition) is 7. The number of rotatable bonds is 3. The molecule has 4 aliphatic carbocycles. The van der Waals surface area contributed by atoms with Gasteiger partial charge in [0.2, 0.25) is 0 Å². The van der Waals surface area contributed by atoms with E-state index < -0.39 is 68.5 Å². The molecule has 7 nitrogen and oxygen atoms in total. The topological polar surface area (TPSA) is 126 Å². The van der Waals surface area contributed by atoms with Gasteiger partial charge >= 0.3 is 0 Å². The van der Waals surface area contributed by atoms with Crippen molar-refractivity contribution in [2.45, 2.75) is 98.5 Å². The van der Waals surface area contributed by atoms with E-state index in [1.54, 1.807) is 20.8 Å². The summed E-state index contributed by atoms with van der Waals surface area (Å²) in [6.45, 7) is 14.0. The first-order valence-corrected chi connectivity index (χ1v) is 16.2. The highest BCUT2D eigenvalue weighted by Crippen LogP contribution is 2.64. The van der Waals surface area contributed by atoms with E-state index in [4.69, 9.17) is 0 Å². The largest absolute Gasteiger partial charge is 0.507 e. The Kier molecular flexibility index (Phi) is 6.85. The number of aryl methyl sites for hydroxylation is 2. The lowest BCUT2D eigenvalue weighted by Crippen LogP contribution is -2.76. The fourth-order valence-electron chi connectivity index (χ4n) is 9.77. The number of carbonyl (C=O) groups excluding carboxylic acids is 5. The number of Topliss-reactive ketones (excluding diaryl/α,β-unsaturated/α-hetero) is 5. The summed E-state index contributed by atoms with van der Waals surface area (Å²) in [6.07, 6.45) is 3.34. The summed E-state index contributed by atoms with van der Waals surface area (Å²) in [5.74, 6) is -8.75. The first-order valence-electron chi connectivity index (χ1n) is 16.2. The van der Waals surface area contributed by atoms with Crippen LogP contribution in [0.15, 0.2) is 24.3 Å². The first-order chi connectivity index (χ1) is 20.8. The molecule has 3 unspecified atom stereocenters. The molecule has 6 atom stereocenters. The molecule has 0 aliphatic heterocycles. The highest BCUT2D eigenvalue weighted by molar-refractivity contribution is 6.32. The van der Waals surface area contributed by atoms with Gasteiger partial charge in [0.05, 0.1) is 11.5 Å². The molecule has 45 heavy (non-hydrogen) atoms. The van der Waals surface area contributed by atoms with E-state index in [0.717, 1.165) is 37.3 Å². The number of aromatic hydroxyl groups is 1. The third-order valence-electron chi connectivity index (χ3n) is 11.6. The SMILES string of the molecule is CC(=O)C1C(=O)C(C(C)C)[C@@]2(C)C[C@@]3(C)Cc4c(-c5ccc6c(c5)CCC6)cc(C(C)(C)C)c(O)c4C(=O)C3C(=O)[C@@]2(O)C1=O. The molecule has 2 fully saturated rings. The molecule has 2 N–H and O–H groups in total. The van der Waals surface area contributed by atoms with E-state index in [1.165, 1.54) is 11.1 Å². The zero-order valence-corrected chi connectivity index (χ0v) is 27.6. The van der Waals surface area contributed by atoms with Crippen molar-refractivity contribution < 1.29 is 34.2 Å². The maximum atomic E-state index is 14.7. The van der Waals surface area contributed by atoms with Crippen LogP contribution in [-0.4, -0.2) is 44.7 Å². The zero-order chi connectivity index (χ0) is 33.2. The molecule has 4 aliphatic rings. The molecule has 6 rings (SSSR count). The lowest BCUT2D eigenvalue weighted by molar-refractivity contribution is -0.205. The van der Waals surface area contributed by atoms with E-state index in [2.05, 4.69) is 18.2 Å². The van der Waals surface area contributed by atoms with Gasteiger partial charge in [-0.2, -0.15) is 0 Å². The van der Waals surface area contributed by atoms with Crippen LogP contribution in [0.1, 0.15) is 101 Å². The second kappa shape index (κ2) is 9.78. The maximum Gasteiger partial charge on any atom is 0.190 e. The summed E-state index contributed by atoms with van der Waals surface area (Å²) in [4.78, 5) is 69.8. The smallest absolute Gasteiger partial charge is 0.190 e. The minimum absolute atomic E-state index is 0.0362. The molecule has 0 saturated heterocycles. The Bertz CT molecular complexity index is 1720. The average Bonchev–Trinajstić information content (AvgIpc) is 3.37. The van der Waals surface area contributed by atoms with Crippen molar-refractivity contribution in [1.29, 1.82) is 0 Å². The molecule has 0 bridgehead atoms. The predicted molar refractivity (Wildman–Crippen MR) is 169 cm³/mol. The van der Waals surface area contributed by atoms with Gasteiger partial charge in [0.15, 0.2) is 28.7 Å². The van der Waals surface area contributed by atoms with Gasteiger partial charge in [-0.15, -0.1) is 0 Å². The van der Waals surface area contributed by atoms with Crippen LogP contribution in [0.25, 0.3) is 11.1 Å². The lowest BCUT2D eigenvalue weighted by atomic mass is 9.39. The predicted octanol–water partition coefficient (Wildman–Crippen LogP) is 5.55. The van der Waals surface area contributed by atoms with E-state index in [0.29, 0.717) is 11.1 Å². The van der Waals surface area contributed by atoms with Gasteiger partial charge in [0, 0.05) is 16.9 Å². The van der Waals surface area contributed by atoms with Crippen molar-refractivity contribution in [3.05, 3.63) is 52.1 Å². The van der Waals surface area contributed by atoms with E-state index in [1.807, 2.05) is 33.8 Å². The van der Waals surface area contributed by atoms with E-state index in [9.17, 15) is 34.2 Å². The Morgan fingerprint density at radius 2 is 1.62 bits per heavy atom. The number of ketones is 5. The summed E-state index contributed by atoms with van der Waals surface area (Å²) >= 11 is 0. The number of hydrogen-bond donors (Lipinski definition) is 2. The van der Waals surface area contributed by atoms with Crippen LogP contribution in [-0.2, 0) is 43.9 Å². The Hall–Kier alpha value is -3.45. The van der Waals surface area contributed by atoms with Gasteiger partial charge in [-0.05, 0) is 89.7 Å². The maximum absolute atomic E-state index is 14.7. The highest BCUT2D eigenvalue weighted by atomic mass is 16.3. The van der Waals surface area contributed by atoms with Crippen molar-refractivity contribution in [2.24, 2.45) is 34.5 Å². The summed E-state index contributed by atoms with van der Waals surface area (Å²) in [6, 6.07) is 8.32. The van der Waals surface area contributed by atoms with Crippen LogP contribution in [0, 0.1) is 34.5 Å². The number of carbonyl (C=O) groups is 5. The first kappa shape index (κ1) is 31.5. The second-order valence-electron chi connectivity index (χ2n) is 16.1. The number of aliphatic hydroxyl groups is 1. The number of phenolic OH excluding ortho intramolecular Hbond substituents is 1. The van der Waals surface area contributed by atoms with E-state index in [-0.39, 0.29) is 30.1 Å². The fourth-order valence-corrected chi connectivity index (χ4v) is 9.77. The van der Waals surface area contributed by atoms with Gasteiger partial charge in [-0.1, -0.05) is 66.7 Å². The van der Waals surface area contributed by atoms with Crippen LogP contribution >= 0.6 is 0 Å². The number of benzene rings is 2. The minimum Gasteiger partial charge on any atom is -0.507 e. The molecule has 2 saturated carbocycles. The Morgan fingerprint density at radius 3 is 2.22 bits per heavy atom. The molecule has 0 spiro atoms. The monoisotopic (exact) mass is 612 g/mol. The van der Waals surface area contributed by atoms with Crippen LogP contribution in [0.4, 0.5) is 0 Å². The van der Waals surface area contributed by atoms with Gasteiger partial charge < -0.3 is 10.2 Å². The van der Waals surface area contributed by atoms with Crippen molar-refractivity contribution >= 4 is 28.9 Å². The molecule has 0 radical (unpaired) electrons. The highest BCUT2D eigenvalue weighted by Gasteiger charge is 2.76. The van der Waals surface area contributed by atoms with Crippen LogP contribution in [0.3, 0.4) is 0 Å². The average molecular weight is 613 g/mol.